The van der Waals surface area contributed by atoms with Gasteiger partial charge in [0.1, 0.15) is 5.75 Å². The van der Waals surface area contributed by atoms with Crippen LogP contribution in [0.3, 0.4) is 0 Å². The van der Waals surface area contributed by atoms with E-state index in [9.17, 15) is 13.9 Å². The molecule has 0 radical (unpaired) electrons. The topological polar surface area (TPSA) is 47.9 Å². The number of rotatable bonds is 8. The lowest BCUT2D eigenvalue weighted by atomic mass is 9.76. The van der Waals surface area contributed by atoms with E-state index in [-0.39, 0.29) is 24.0 Å². The van der Waals surface area contributed by atoms with Crippen LogP contribution in [0.25, 0.3) is 11.1 Å². The maximum Gasteiger partial charge on any atom is 0.167 e. The number of methoxy groups -OCH3 is 2. The van der Waals surface area contributed by atoms with Gasteiger partial charge in [-0.1, -0.05) is 37.6 Å². The van der Waals surface area contributed by atoms with E-state index in [1.165, 1.54) is 12.1 Å². The van der Waals surface area contributed by atoms with Gasteiger partial charge in [0.05, 0.1) is 12.2 Å². The van der Waals surface area contributed by atoms with Gasteiger partial charge in [-0.15, -0.1) is 0 Å². The number of unbranched alkanes of at least 4 members (excludes halogenated alkanes) is 1. The average Bonchev–Trinajstić information content (AvgIpc) is 2.77. The molecular formula is C24H30F2O4. The Morgan fingerprint density at radius 2 is 1.53 bits per heavy atom. The van der Waals surface area contributed by atoms with Crippen molar-refractivity contribution in [2.45, 2.75) is 56.8 Å². The third-order valence-corrected chi connectivity index (χ3v) is 6.10. The van der Waals surface area contributed by atoms with Crippen LogP contribution in [0.5, 0.6) is 5.75 Å². The summed E-state index contributed by atoms with van der Waals surface area (Å²) in [6, 6.07) is 9.92. The molecule has 1 aliphatic rings. The van der Waals surface area contributed by atoms with Crippen LogP contribution in [0.2, 0.25) is 0 Å². The number of aliphatic hydroxyl groups is 1. The molecule has 0 aliphatic heterocycles. The Morgan fingerprint density at radius 3 is 2.10 bits per heavy atom. The average molecular weight is 420 g/mol. The number of ether oxygens (including phenoxy) is 3. The van der Waals surface area contributed by atoms with Gasteiger partial charge in [0.2, 0.25) is 0 Å². The van der Waals surface area contributed by atoms with Crippen LogP contribution in [-0.2, 0) is 15.1 Å². The summed E-state index contributed by atoms with van der Waals surface area (Å²) in [5.74, 6) is -2.07. The predicted molar refractivity (Wildman–Crippen MR) is 111 cm³/mol. The Morgan fingerprint density at radius 1 is 0.900 bits per heavy atom. The van der Waals surface area contributed by atoms with Crippen molar-refractivity contribution in [2.75, 3.05) is 20.8 Å². The maximum atomic E-state index is 15.0. The summed E-state index contributed by atoms with van der Waals surface area (Å²) in [5, 5.41) is 11.0. The van der Waals surface area contributed by atoms with Crippen LogP contribution < -0.4 is 4.74 Å². The first-order valence-corrected chi connectivity index (χ1v) is 10.4. The molecule has 1 saturated carbocycles. The van der Waals surface area contributed by atoms with E-state index in [1.54, 1.807) is 38.5 Å². The van der Waals surface area contributed by atoms with Crippen LogP contribution in [0.15, 0.2) is 36.4 Å². The summed E-state index contributed by atoms with van der Waals surface area (Å²) in [4.78, 5) is 0. The van der Waals surface area contributed by atoms with Crippen molar-refractivity contribution in [3.8, 4) is 16.9 Å². The van der Waals surface area contributed by atoms with Crippen LogP contribution in [-0.4, -0.2) is 31.7 Å². The SMILES string of the molecule is CCCCOc1ccc(-c2ccc(C3(O)CCC(OC)(OC)CC3)c(F)c2F)cc1. The van der Waals surface area contributed by atoms with Crippen molar-refractivity contribution in [1.29, 1.82) is 0 Å². The molecule has 1 fully saturated rings. The van der Waals surface area contributed by atoms with E-state index in [4.69, 9.17) is 14.2 Å². The van der Waals surface area contributed by atoms with E-state index in [2.05, 4.69) is 6.92 Å². The highest BCUT2D eigenvalue weighted by atomic mass is 19.2. The highest BCUT2D eigenvalue weighted by Gasteiger charge is 2.44. The van der Waals surface area contributed by atoms with Gasteiger partial charge in [-0.05, 0) is 37.0 Å². The summed E-state index contributed by atoms with van der Waals surface area (Å²) in [5.41, 5.74) is -0.779. The fourth-order valence-electron chi connectivity index (χ4n) is 4.00. The van der Waals surface area contributed by atoms with Crippen LogP contribution in [0.1, 0.15) is 51.0 Å². The van der Waals surface area contributed by atoms with Gasteiger partial charge >= 0.3 is 0 Å². The normalized spacial score (nSPS) is 17.7. The lowest BCUT2D eigenvalue weighted by Gasteiger charge is -2.42. The van der Waals surface area contributed by atoms with Gasteiger partial charge in [-0.25, -0.2) is 8.78 Å². The van der Waals surface area contributed by atoms with E-state index < -0.39 is 23.0 Å². The van der Waals surface area contributed by atoms with E-state index in [0.717, 1.165) is 12.8 Å². The molecule has 164 valence electrons. The molecule has 3 rings (SSSR count). The second-order valence-corrected chi connectivity index (χ2v) is 7.87. The van der Waals surface area contributed by atoms with Gasteiger partial charge in [-0.3, -0.25) is 0 Å². The molecular weight excluding hydrogens is 390 g/mol. The molecule has 0 bridgehead atoms. The van der Waals surface area contributed by atoms with Crippen molar-refractivity contribution >= 4 is 0 Å². The summed E-state index contributed by atoms with van der Waals surface area (Å²) in [6.07, 6.45) is 3.21. The Labute approximate surface area is 176 Å². The Kier molecular flexibility index (Phi) is 7.11. The highest BCUT2D eigenvalue weighted by Crippen LogP contribution is 2.44. The molecule has 2 aromatic carbocycles. The van der Waals surface area contributed by atoms with E-state index >= 15 is 0 Å². The molecule has 1 aliphatic carbocycles. The molecule has 4 nitrogen and oxygen atoms in total. The predicted octanol–water partition coefficient (Wildman–Crippen LogP) is 5.56. The first-order chi connectivity index (χ1) is 14.4. The number of hydrogen-bond donors (Lipinski definition) is 1. The minimum Gasteiger partial charge on any atom is -0.494 e. The molecule has 6 heteroatoms. The molecule has 0 atom stereocenters. The molecule has 2 aromatic rings. The van der Waals surface area contributed by atoms with Gasteiger partial charge in [0.25, 0.3) is 0 Å². The fraction of sp³-hybridized carbons (Fsp3) is 0.500. The quantitative estimate of drug-likeness (QED) is 0.449. The van der Waals surface area contributed by atoms with Crippen molar-refractivity contribution < 1.29 is 28.1 Å². The van der Waals surface area contributed by atoms with Crippen LogP contribution >= 0.6 is 0 Å². The molecule has 0 heterocycles. The molecule has 0 aromatic heterocycles. The Balaban J connectivity index is 1.81. The van der Waals surface area contributed by atoms with Crippen LogP contribution in [0, 0.1) is 11.6 Å². The monoisotopic (exact) mass is 420 g/mol. The lowest BCUT2D eigenvalue weighted by Crippen LogP contribution is -2.44. The van der Waals surface area contributed by atoms with E-state index in [0.29, 0.717) is 30.8 Å². The lowest BCUT2D eigenvalue weighted by molar-refractivity contribution is -0.243. The summed E-state index contributed by atoms with van der Waals surface area (Å²) < 4.78 is 46.4. The van der Waals surface area contributed by atoms with E-state index in [1.807, 2.05) is 0 Å². The molecule has 0 saturated heterocycles. The second-order valence-electron chi connectivity index (χ2n) is 7.87. The highest BCUT2D eigenvalue weighted by molar-refractivity contribution is 5.65. The second kappa shape index (κ2) is 9.41. The Hall–Kier alpha value is -2.02. The first kappa shape index (κ1) is 22.7. The fourth-order valence-corrected chi connectivity index (χ4v) is 4.00. The molecule has 1 N–H and O–H groups in total. The molecule has 0 amide bonds. The van der Waals surface area contributed by atoms with Crippen molar-refractivity contribution in [1.82, 2.24) is 0 Å². The molecule has 0 unspecified atom stereocenters. The first-order valence-electron chi connectivity index (χ1n) is 10.4. The zero-order chi connectivity index (χ0) is 21.8. The zero-order valence-electron chi connectivity index (χ0n) is 17.8. The molecule has 0 spiro atoms. The smallest absolute Gasteiger partial charge is 0.167 e. The maximum absolute atomic E-state index is 15.0. The van der Waals surface area contributed by atoms with Gasteiger partial charge < -0.3 is 19.3 Å². The van der Waals surface area contributed by atoms with Gasteiger partial charge in [-0.2, -0.15) is 0 Å². The van der Waals surface area contributed by atoms with Gasteiger partial charge in [0.15, 0.2) is 17.4 Å². The standard InChI is InChI=1S/C24H30F2O4/c1-4-5-16-30-18-8-6-17(7-9-18)19-10-11-20(22(26)21(19)25)23(27)12-14-24(28-2,29-3)15-13-23/h6-11,27H,4-5,12-16H2,1-3H3. The molecule has 30 heavy (non-hydrogen) atoms. The largest absolute Gasteiger partial charge is 0.494 e. The Bertz CT molecular complexity index is 837. The van der Waals surface area contributed by atoms with Crippen molar-refractivity contribution in [3.63, 3.8) is 0 Å². The number of benzene rings is 2. The third-order valence-electron chi connectivity index (χ3n) is 6.10. The minimum atomic E-state index is -1.46. The van der Waals surface area contributed by atoms with Crippen molar-refractivity contribution in [3.05, 3.63) is 53.6 Å². The zero-order valence-corrected chi connectivity index (χ0v) is 17.8. The minimum absolute atomic E-state index is 0.0240. The van der Waals surface area contributed by atoms with Gasteiger partial charge in [0, 0.05) is 38.2 Å². The summed E-state index contributed by atoms with van der Waals surface area (Å²) in [7, 11) is 3.09. The summed E-state index contributed by atoms with van der Waals surface area (Å²) >= 11 is 0. The third kappa shape index (κ3) is 4.51. The number of hydrogen-bond acceptors (Lipinski definition) is 4. The summed E-state index contributed by atoms with van der Waals surface area (Å²) in [6.45, 7) is 2.71. The number of halogens is 2. The van der Waals surface area contributed by atoms with Crippen molar-refractivity contribution in [2.24, 2.45) is 0 Å². The van der Waals surface area contributed by atoms with Crippen LogP contribution in [0.4, 0.5) is 8.78 Å².